The molecule has 148 valence electrons. The molecule has 0 aliphatic carbocycles. The molecule has 0 saturated carbocycles. The summed E-state index contributed by atoms with van der Waals surface area (Å²) in [5, 5.41) is 29.1. The van der Waals surface area contributed by atoms with Gasteiger partial charge >= 0.3 is 0 Å². The van der Waals surface area contributed by atoms with E-state index in [0.29, 0.717) is 6.42 Å². The van der Waals surface area contributed by atoms with E-state index in [1.807, 2.05) is 0 Å². The van der Waals surface area contributed by atoms with E-state index in [1.165, 1.54) is 38.5 Å². The van der Waals surface area contributed by atoms with Gasteiger partial charge in [-0.15, -0.1) is 0 Å². The number of hydrogen-bond acceptors (Lipinski definition) is 6. The third-order valence-corrected chi connectivity index (χ3v) is 4.78. The molecule has 1 aliphatic heterocycles. The molecule has 1 saturated heterocycles. The largest absolute Gasteiger partial charge is 0.388 e. The van der Waals surface area contributed by atoms with Gasteiger partial charge in [0.25, 0.3) is 0 Å². The number of Topliss-reactive ketones (excluding diaryl/α,β-unsaturated/α-hetero) is 1. The summed E-state index contributed by atoms with van der Waals surface area (Å²) in [7, 11) is 0. The van der Waals surface area contributed by atoms with Crippen molar-refractivity contribution in [3.63, 3.8) is 0 Å². The van der Waals surface area contributed by atoms with Gasteiger partial charge in [-0.05, 0) is 13.3 Å². The summed E-state index contributed by atoms with van der Waals surface area (Å²) in [6.07, 6.45) is 5.66. The van der Waals surface area contributed by atoms with Crippen LogP contribution in [0.15, 0.2) is 0 Å². The number of aliphatic hydroxyl groups excluding tert-OH is 3. The van der Waals surface area contributed by atoms with Crippen LogP contribution in [0.3, 0.4) is 0 Å². The van der Waals surface area contributed by atoms with Crippen LogP contribution in [0.1, 0.15) is 78.1 Å². The van der Waals surface area contributed by atoms with Gasteiger partial charge in [0.2, 0.25) is 0 Å². The Balaban J connectivity index is 2.05. The van der Waals surface area contributed by atoms with Crippen molar-refractivity contribution < 1.29 is 29.6 Å². The predicted molar refractivity (Wildman–Crippen MR) is 95.2 cm³/mol. The molecule has 6 heteroatoms. The number of hydrogen-bond donors (Lipinski definition) is 3. The van der Waals surface area contributed by atoms with Crippen LogP contribution < -0.4 is 0 Å². The van der Waals surface area contributed by atoms with Crippen molar-refractivity contribution in [2.45, 2.75) is 109 Å². The molecule has 0 amide bonds. The zero-order valence-corrected chi connectivity index (χ0v) is 15.7. The second-order valence-electron chi connectivity index (χ2n) is 7.11. The lowest BCUT2D eigenvalue weighted by Gasteiger charge is -2.38. The lowest BCUT2D eigenvalue weighted by Crippen LogP contribution is -2.57. The predicted octanol–water partition coefficient (Wildman–Crippen LogP) is 2.32. The van der Waals surface area contributed by atoms with E-state index >= 15 is 0 Å². The van der Waals surface area contributed by atoms with Crippen molar-refractivity contribution in [3.8, 4) is 0 Å². The van der Waals surface area contributed by atoms with E-state index in [0.717, 1.165) is 19.3 Å². The first-order valence-corrected chi connectivity index (χ1v) is 9.80. The van der Waals surface area contributed by atoms with Gasteiger partial charge in [0.1, 0.15) is 24.9 Å². The van der Waals surface area contributed by atoms with E-state index in [4.69, 9.17) is 9.47 Å². The highest BCUT2D eigenvalue weighted by atomic mass is 16.7. The lowest BCUT2D eigenvalue weighted by atomic mass is 10.00. The van der Waals surface area contributed by atoms with Crippen LogP contribution in [0.2, 0.25) is 0 Å². The van der Waals surface area contributed by atoms with Crippen LogP contribution in [0.25, 0.3) is 0 Å². The van der Waals surface area contributed by atoms with Gasteiger partial charge in [0.15, 0.2) is 12.1 Å². The topological polar surface area (TPSA) is 96.2 Å². The zero-order chi connectivity index (χ0) is 18.7. The van der Waals surface area contributed by atoms with Crippen molar-refractivity contribution in [2.75, 3.05) is 6.61 Å². The molecule has 1 fully saturated rings. The van der Waals surface area contributed by atoms with E-state index in [2.05, 4.69) is 6.92 Å². The summed E-state index contributed by atoms with van der Waals surface area (Å²) in [6, 6.07) is 0. The average molecular weight is 360 g/mol. The van der Waals surface area contributed by atoms with Crippen LogP contribution >= 0.6 is 0 Å². The first-order chi connectivity index (χ1) is 12.0. The summed E-state index contributed by atoms with van der Waals surface area (Å²) in [6.45, 7) is 3.66. The molecule has 0 aromatic rings. The number of carbonyl (C=O) groups is 1. The van der Waals surface area contributed by atoms with E-state index in [9.17, 15) is 20.1 Å². The molecule has 25 heavy (non-hydrogen) atoms. The molecule has 0 unspecified atom stereocenters. The lowest BCUT2D eigenvalue weighted by molar-refractivity contribution is -0.291. The molecular weight excluding hydrogens is 324 g/mol. The third-order valence-electron chi connectivity index (χ3n) is 4.78. The van der Waals surface area contributed by atoms with Crippen LogP contribution in [0.4, 0.5) is 0 Å². The number of aliphatic hydroxyl groups is 3. The first-order valence-electron chi connectivity index (χ1n) is 9.80. The Morgan fingerprint density at radius 3 is 2.04 bits per heavy atom. The first kappa shape index (κ1) is 22.5. The van der Waals surface area contributed by atoms with Crippen LogP contribution in [0, 0.1) is 0 Å². The maximum absolute atomic E-state index is 11.9. The number of ketones is 1. The molecule has 0 aromatic heterocycles. The molecule has 0 aromatic carbocycles. The Morgan fingerprint density at radius 2 is 1.44 bits per heavy atom. The minimum atomic E-state index is -1.35. The third kappa shape index (κ3) is 8.60. The Labute approximate surface area is 151 Å². The summed E-state index contributed by atoms with van der Waals surface area (Å²) >= 11 is 0. The van der Waals surface area contributed by atoms with Gasteiger partial charge in [-0.25, -0.2) is 0 Å². The zero-order valence-electron chi connectivity index (χ0n) is 15.7. The smallest absolute Gasteiger partial charge is 0.187 e. The van der Waals surface area contributed by atoms with Crippen molar-refractivity contribution >= 4 is 5.78 Å². The van der Waals surface area contributed by atoms with Crippen LogP contribution in [0.5, 0.6) is 0 Å². The van der Waals surface area contributed by atoms with E-state index in [1.54, 1.807) is 6.92 Å². The number of carbonyl (C=O) groups excluding carboxylic acids is 1. The molecular formula is C19H36O6. The summed E-state index contributed by atoms with van der Waals surface area (Å²) < 4.78 is 10.6. The Bertz CT molecular complexity index is 362. The summed E-state index contributed by atoms with van der Waals surface area (Å²) in [5.74, 6) is -0.0352. The van der Waals surface area contributed by atoms with Crippen molar-refractivity contribution in [1.82, 2.24) is 0 Å². The summed E-state index contributed by atoms with van der Waals surface area (Å²) in [5.41, 5.74) is 0. The fourth-order valence-electron chi connectivity index (χ4n) is 3.03. The molecule has 5 atom stereocenters. The monoisotopic (exact) mass is 360 g/mol. The fourth-order valence-corrected chi connectivity index (χ4v) is 3.03. The van der Waals surface area contributed by atoms with E-state index in [-0.39, 0.29) is 12.4 Å². The van der Waals surface area contributed by atoms with Gasteiger partial charge in [0, 0.05) is 6.42 Å². The fraction of sp³-hybridized carbons (Fsp3) is 0.947. The normalized spacial score (nSPS) is 29.7. The highest BCUT2D eigenvalue weighted by Crippen LogP contribution is 2.21. The Morgan fingerprint density at radius 1 is 0.880 bits per heavy atom. The minimum Gasteiger partial charge on any atom is -0.388 e. The second-order valence-corrected chi connectivity index (χ2v) is 7.11. The molecule has 6 nitrogen and oxygen atoms in total. The maximum atomic E-state index is 11.9. The second kappa shape index (κ2) is 12.8. The standard InChI is InChI=1S/C19H36O6/c1-3-4-5-6-7-8-9-10-11-12-15(20)13-24-19-18(23)17(22)16(21)14(2)25-19/h14,16-19,21-23H,3-13H2,1-2H3/t14-,16+,17+,18-,19-/m0/s1. The van der Waals surface area contributed by atoms with Gasteiger partial charge in [-0.1, -0.05) is 58.3 Å². The Hall–Kier alpha value is -0.530. The van der Waals surface area contributed by atoms with Crippen molar-refractivity contribution in [2.24, 2.45) is 0 Å². The summed E-state index contributed by atoms with van der Waals surface area (Å²) in [4.78, 5) is 11.9. The van der Waals surface area contributed by atoms with Crippen molar-refractivity contribution in [3.05, 3.63) is 0 Å². The van der Waals surface area contributed by atoms with Gasteiger partial charge in [0.05, 0.1) is 6.10 Å². The van der Waals surface area contributed by atoms with Crippen LogP contribution in [-0.2, 0) is 14.3 Å². The molecule has 3 N–H and O–H groups in total. The quantitative estimate of drug-likeness (QED) is 0.436. The van der Waals surface area contributed by atoms with E-state index < -0.39 is 30.7 Å². The van der Waals surface area contributed by atoms with Crippen molar-refractivity contribution in [1.29, 1.82) is 0 Å². The highest BCUT2D eigenvalue weighted by Gasteiger charge is 2.42. The van der Waals surface area contributed by atoms with Gasteiger partial charge in [-0.2, -0.15) is 0 Å². The molecule has 0 radical (unpaired) electrons. The molecule has 1 heterocycles. The SMILES string of the molecule is CCCCCCCCCCCC(=O)CO[C@H]1O[C@@H](C)[C@@H](O)[C@@H](O)[C@@H]1O. The number of unbranched alkanes of at least 4 members (excludes halogenated alkanes) is 8. The molecule has 1 aliphatic rings. The minimum absolute atomic E-state index is 0.0352. The number of ether oxygens (including phenoxy) is 2. The average Bonchev–Trinajstić information content (AvgIpc) is 2.60. The Kier molecular flexibility index (Phi) is 11.5. The highest BCUT2D eigenvalue weighted by molar-refractivity contribution is 5.79. The number of rotatable bonds is 13. The molecule has 0 bridgehead atoms. The maximum Gasteiger partial charge on any atom is 0.187 e. The van der Waals surface area contributed by atoms with Crippen LogP contribution in [-0.4, -0.2) is 58.4 Å². The van der Waals surface area contributed by atoms with Gasteiger partial charge in [-0.3, -0.25) is 4.79 Å². The van der Waals surface area contributed by atoms with Gasteiger partial charge < -0.3 is 24.8 Å². The molecule has 1 rings (SSSR count). The molecule has 0 spiro atoms.